The number of carbonyl (C=O) groups excluding carboxylic acids is 1. The molecule has 0 saturated heterocycles. The number of hydrogen-bond acceptors (Lipinski definition) is 5. The lowest BCUT2D eigenvalue weighted by Gasteiger charge is -2.20. The topological polar surface area (TPSA) is 117 Å². The van der Waals surface area contributed by atoms with Crippen molar-refractivity contribution in [2.75, 3.05) is 16.4 Å². The predicted molar refractivity (Wildman–Crippen MR) is 113 cm³/mol. The molecule has 144 valence electrons. The Kier molecular flexibility index (Phi) is 6.75. The number of rotatable bonds is 4. The van der Waals surface area contributed by atoms with Gasteiger partial charge in [0.05, 0.1) is 12.7 Å². The van der Waals surface area contributed by atoms with E-state index in [9.17, 15) is 4.79 Å². The fourth-order valence-corrected chi connectivity index (χ4v) is 2.36. The lowest BCUT2D eigenvalue weighted by Crippen LogP contribution is -2.43. The first-order valence-corrected chi connectivity index (χ1v) is 8.92. The van der Waals surface area contributed by atoms with Crippen molar-refractivity contribution in [3.8, 4) is 0 Å². The first kappa shape index (κ1) is 20.7. The zero-order chi connectivity index (χ0) is 20.0. The van der Waals surface area contributed by atoms with E-state index in [2.05, 4.69) is 31.2 Å². The van der Waals surface area contributed by atoms with E-state index in [1.165, 1.54) is 6.20 Å². The van der Waals surface area contributed by atoms with E-state index in [1.807, 2.05) is 20.8 Å². The highest BCUT2D eigenvalue weighted by atomic mass is 35.5. The Morgan fingerprint density at radius 1 is 1.19 bits per heavy atom. The normalized spacial score (nSPS) is 10.8. The lowest BCUT2D eigenvalue weighted by molar-refractivity contribution is 0.244. The number of nitrogens with zero attached hydrogens (tertiary/aromatic N) is 2. The predicted octanol–water partition coefficient (Wildman–Crippen LogP) is 3.12. The van der Waals surface area contributed by atoms with Gasteiger partial charge in [0.25, 0.3) is 0 Å². The third-order valence-corrected chi connectivity index (χ3v) is 3.58. The average Bonchev–Trinajstić information content (AvgIpc) is 2.56. The van der Waals surface area contributed by atoms with Crippen LogP contribution in [0.5, 0.6) is 0 Å². The smallest absolute Gasteiger partial charge is 0.319 e. The van der Waals surface area contributed by atoms with E-state index in [4.69, 9.17) is 29.6 Å². The Labute approximate surface area is 168 Å². The summed E-state index contributed by atoms with van der Waals surface area (Å²) >= 11 is 11.1. The van der Waals surface area contributed by atoms with Crippen molar-refractivity contribution < 1.29 is 4.79 Å². The fraction of sp³-hybridized carbons (Fsp3) is 0.294. The van der Waals surface area contributed by atoms with Gasteiger partial charge in [0, 0.05) is 16.9 Å². The summed E-state index contributed by atoms with van der Waals surface area (Å²) in [7, 11) is 0. The summed E-state index contributed by atoms with van der Waals surface area (Å²) in [5.41, 5.74) is 7.39. The summed E-state index contributed by atoms with van der Waals surface area (Å²) < 4.78 is 0. The third-order valence-electron chi connectivity index (χ3n) is 3.15. The van der Waals surface area contributed by atoms with E-state index in [-0.39, 0.29) is 23.3 Å². The molecule has 0 unspecified atom stereocenters. The number of amides is 2. The minimum absolute atomic E-state index is 0.262. The SMILES string of the molecule is CC(C)(C)NC(=O)Nc1ccc(NC(=S)NCc2nc(Cl)cnc2N)cc1. The molecule has 0 atom stereocenters. The molecule has 2 amide bonds. The number of aromatic nitrogens is 2. The van der Waals surface area contributed by atoms with Crippen molar-refractivity contribution in [1.82, 2.24) is 20.6 Å². The summed E-state index contributed by atoms with van der Waals surface area (Å²) in [6.07, 6.45) is 1.38. The first-order valence-electron chi connectivity index (χ1n) is 8.13. The summed E-state index contributed by atoms with van der Waals surface area (Å²) in [4.78, 5) is 19.9. The fourth-order valence-electron chi connectivity index (χ4n) is 2.02. The number of thiocarbonyl (C=S) groups is 1. The number of hydrogen-bond donors (Lipinski definition) is 5. The van der Waals surface area contributed by atoms with Crippen LogP contribution in [0.2, 0.25) is 5.15 Å². The third kappa shape index (κ3) is 7.24. The number of nitrogen functional groups attached to an aromatic ring is 1. The zero-order valence-corrected chi connectivity index (χ0v) is 16.8. The quantitative estimate of drug-likeness (QED) is 0.494. The molecule has 10 heteroatoms. The van der Waals surface area contributed by atoms with Crippen LogP contribution in [-0.4, -0.2) is 26.7 Å². The van der Waals surface area contributed by atoms with Crippen molar-refractivity contribution in [3.63, 3.8) is 0 Å². The standard InChI is InChI=1S/C17H22ClN7OS/c1-17(2,3)25-15(26)22-10-4-6-11(7-5-10)23-16(27)21-8-12-14(19)20-9-13(18)24-12/h4-7,9H,8H2,1-3H3,(H2,19,20)(H2,21,23,27)(H2,22,25,26). The van der Waals surface area contributed by atoms with E-state index in [0.717, 1.165) is 5.69 Å². The molecule has 6 N–H and O–H groups in total. The minimum Gasteiger partial charge on any atom is -0.382 e. The van der Waals surface area contributed by atoms with Gasteiger partial charge in [0.2, 0.25) is 0 Å². The van der Waals surface area contributed by atoms with E-state index >= 15 is 0 Å². The molecular formula is C17H22ClN7OS. The van der Waals surface area contributed by atoms with Gasteiger partial charge < -0.3 is 27.0 Å². The molecule has 0 bridgehead atoms. The van der Waals surface area contributed by atoms with Crippen LogP contribution in [0, 0.1) is 0 Å². The van der Waals surface area contributed by atoms with Crippen LogP contribution in [0.4, 0.5) is 22.0 Å². The van der Waals surface area contributed by atoms with E-state index in [1.54, 1.807) is 24.3 Å². The van der Waals surface area contributed by atoms with Crippen LogP contribution in [-0.2, 0) is 6.54 Å². The molecule has 0 aliphatic rings. The van der Waals surface area contributed by atoms with Crippen LogP contribution in [0.25, 0.3) is 0 Å². The van der Waals surface area contributed by atoms with Gasteiger partial charge in [-0.15, -0.1) is 0 Å². The van der Waals surface area contributed by atoms with Crippen molar-refractivity contribution in [2.24, 2.45) is 0 Å². The van der Waals surface area contributed by atoms with Crippen LogP contribution < -0.4 is 27.0 Å². The number of carbonyl (C=O) groups is 1. The van der Waals surface area contributed by atoms with E-state index < -0.39 is 0 Å². The molecular weight excluding hydrogens is 386 g/mol. The van der Waals surface area contributed by atoms with Crippen molar-refractivity contribution in [3.05, 3.63) is 41.3 Å². The molecule has 2 rings (SSSR count). The number of urea groups is 1. The highest BCUT2D eigenvalue weighted by Gasteiger charge is 2.13. The first-order chi connectivity index (χ1) is 12.6. The monoisotopic (exact) mass is 407 g/mol. The molecule has 0 radical (unpaired) electrons. The second kappa shape index (κ2) is 8.83. The molecule has 2 aromatic rings. The summed E-state index contributed by atoms with van der Waals surface area (Å²) in [6, 6.07) is 6.88. The minimum atomic E-state index is -0.305. The second-order valence-corrected chi connectivity index (χ2v) is 7.53. The molecule has 1 aromatic heterocycles. The number of nitrogens with one attached hydrogen (secondary N) is 4. The number of halogens is 1. The van der Waals surface area contributed by atoms with E-state index in [0.29, 0.717) is 22.3 Å². The Hall–Kier alpha value is -2.65. The van der Waals surface area contributed by atoms with Gasteiger partial charge in [0.1, 0.15) is 16.7 Å². The maximum atomic E-state index is 11.9. The molecule has 0 aliphatic heterocycles. The maximum absolute atomic E-state index is 11.9. The number of benzene rings is 1. The van der Waals surface area contributed by atoms with Crippen LogP contribution in [0.15, 0.2) is 30.5 Å². The largest absolute Gasteiger partial charge is 0.382 e. The zero-order valence-electron chi connectivity index (χ0n) is 15.3. The van der Waals surface area contributed by atoms with Crippen molar-refractivity contribution in [2.45, 2.75) is 32.9 Å². The summed E-state index contributed by atoms with van der Waals surface area (Å²) in [5.74, 6) is 0.290. The van der Waals surface area contributed by atoms with Gasteiger partial charge in [-0.1, -0.05) is 11.6 Å². The highest BCUT2D eigenvalue weighted by molar-refractivity contribution is 7.80. The Morgan fingerprint density at radius 3 is 2.37 bits per heavy atom. The van der Waals surface area contributed by atoms with Gasteiger partial charge in [-0.05, 0) is 57.3 Å². The maximum Gasteiger partial charge on any atom is 0.319 e. The van der Waals surface area contributed by atoms with Crippen LogP contribution >= 0.6 is 23.8 Å². The van der Waals surface area contributed by atoms with Gasteiger partial charge in [0.15, 0.2) is 5.11 Å². The number of nitrogens with two attached hydrogens (primary N) is 1. The van der Waals surface area contributed by atoms with Gasteiger partial charge >= 0.3 is 6.03 Å². The summed E-state index contributed by atoms with van der Waals surface area (Å²) in [5, 5.41) is 12.3. The van der Waals surface area contributed by atoms with Crippen molar-refractivity contribution >= 4 is 52.2 Å². The molecule has 27 heavy (non-hydrogen) atoms. The summed E-state index contributed by atoms with van der Waals surface area (Å²) in [6.45, 7) is 6.03. The Bertz CT molecular complexity index is 821. The average molecular weight is 408 g/mol. The molecule has 1 heterocycles. The lowest BCUT2D eigenvalue weighted by atomic mass is 10.1. The molecule has 1 aromatic carbocycles. The molecule has 0 spiro atoms. The molecule has 0 aliphatic carbocycles. The van der Waals surface area contributed by atoms with Crippen molar-refractivity contribution in [1.29, 1.82) is 0 Å². The molecule has 0 fully saturated rings. The number of anilines is 3. The second-order valence-electron chi connectivity index (χ2n) is 6.74. The van der Waals surface area contributed by atoms with Crippen LogP contribution in [0.3, 0.4) is 0 Å². The van der Waals surface area contributed by atoms with Crippen LogP contribution in [0.1, 0.15) is 26.5 Å². The Balaban J connectivity index is 1.85. The molecule has 0 saturated carbocycles. The Morgan fingerprint density at radius 2 is 1.78 bits per heavy atom. The van der Waals surface area contributed by atoms with Gasteiger partial charge in [-0.2, -0.15) is 0 Å². The van der Waals surface area contributed by atoms with Gasteiger partial charge in [-0.25, -0.2) is 14.8 Å². The molecule has 8 nitrogen and oxygen atoms in total. The highest BCUT2D eigenvalue weighted by Crippen LogP contribution is 2.14. The van der Waals surface area contributed by atoms with Gasteiger partial charge in [-0.3, -0.25) is 0 Å².